The fourth-order valence-electron chi connectivity index (χ4n) is 3.19. The molecule has 30 heavy (non-hydrogen) atoms. The zero-order chi connectivity index (χ0) is 21.6. The van der Waals surface area contributed by atoms with E-state index in [4.69, 9.17) is 9.47 Å². The van der Waals surface area contributed by atoms with Crippen molar-refractivity contribution in [2.75, 3.05) is 16.8 Å². The highest BCUT2D eigenvalue weighted by atomic mass is 32.2. The lowest BCUT2D eigenvalue weighted by atomic mass is 10.1. The number of benzene rings is 2. The van der Waals surface area contributed by atoms with Crippen molar-refractivity contribution in [2.45, 2.75) is 32.5 Å². The van der Waals surface area contributed by atoms with Gasteiger partial charge in [0.1, 0.15) is 12.4 Å². The molecule has 3 rings (SSSR count). The number of amides is 1. The Morgan fingerprint density at radius 2 is 1.80 bits per heavy atom. The van der Waals surface area contributed by atoms with E-state index >= 15 is 0 Å². The van der Waals surface area contributed by atoms with Gasteiger partial charge in [-0.15, -0.1) is 0 Å². The molecule has 2 atom stereocenters. The summed E-state index contributed by atoms with van der Waals surface area (Å²) in [5.41, 5.74) is 1.61. The highest BCUT2D eigenvalue weighted by molar-refractivity contribution is 7.91. The molecule has 160 valence electrons. The monoisotopic (exact) mass is 431 g/mol. The van der Waals surface area contributed by atoms with Crippen LogP contribution >= 0.6 is 0 Å². The quantitative estimate of drug-likeness (QED) is 0.645. The predicted molar refractivity (Wildman–Crippen MR) is 113 cm³/mol. The van der Waals surface area contributed by atoms with Gasteiger partial charge in [0.2, 0.25) is 0 Å². The second-order valence-electron chi connectivity index (χ2n) is 7.39. The third-order valence-corrected chi connectivity index (χ3v) is 6.67. The van der Waals surface area contributed by atoms with Crippen LogP contribution in [0.15, 0.2) is 54.6 Å². The van der Waals surface area contributed by atoms with Crippen molar-refractivity contribution in [3.05, 3.63) is 60.2 Å². The van der Waals surface area contributed by atoms with Crippen LogP contribution in [0, 0.1) is 5.92 Å². The number of hydrogen-bond donors (Lipinski definition) is 1. The van der Waals surface area contributed by atoms with Crippen LogP contribution in [0.3, 0.4) is 0 Å². The van der Waals surface area contributed by atoms with Crippen molar-refractivity contribution in [2.24, 2.45) is 5.92 Å². The number of carbonyl (C=O) groups is 2. The maximum atomic E-state index is 12.3. The minimum Gasteiger partial charge on any atom is -0.489 e. The topological polar surface area (TPSA) is 98.8 Å². The molecular formula is C22H25NO6S. The average Bonchev–Trinajstić information content (AvgIpc) is 3.06. The first-order chi connectivity index (χ1) is 14.3. The van der Waals surface area contributed by atoms with E-state index in [1.807, 2.05) is 30.3 Å². The number of carbonyl (C=O) groups excluding carboxylic acids is 2. The highest BCUT2D eigenvalue weighted by Gasteiger charge is 2.30. The van der Waals surface area contributed by atoms with Crippen LogP contribution in [0.2, 0.25) is 0 Å². The SMILES string of the molecule is CC(OC(=O)CC1CCS(=O)(=O)C1)C(=O)Nc1ccc(OCc2ccccc2)cc1. The van der Waals surface area contributed by atoms with Gasteiger partial charge in [0, 0.05) is 12.1 Å². The van der Waals surface area contributed by atoms with E-state index in [1.54, 1.807) is 24.3 Å². The minimum absolute atomic E-state index is 0.00136. The second-order valence-corrected chi connectivity index (χ2v) is 9.62. The van der Waals surface area contributed by atoms with Crippen LogP contribution in [-0.2, 0) is 30.8 Å². The summed E-state index contributed by atoms with van der Waals surface area (Å²) in [5.74, 6) is -0.485. The minimum atomic E-state index is -3.05. The number of sulfone groups is 1. The standard InChI is InChI=1S/C22H25NO6S/c1-16(29-21(24)13-18-11-12-30(26,27)15-18)22(25)23-19-7-9-20(10-8-19)28-14-17-5-3-2-4-6-17/h2-10,16,18H,11-15H2,1H3,(H,23,25). The van der Waals surface area contributed by atoms with Gasteiger partial charge in [0.25, 0.3) is 5.91 Å². The number of esters is 1. The van der Waals surface area contributed by atoms with Crippen molar-refractivity contribution in [1.82, 2.24) is 0 Å². The van der Waals surface area contributed by atoms with Crippen molar-refractivity contribution in [3.8, 4) is 5.75 Å². The molecule has 1 fully saturated rings. The van der Waals surface area contributed by atoms with Crippen LogP contribution in [0.1, 0.15) is 25.3 Å². The first kappa shape index (κ1) is 21.8. The summed E-state index contributed by atoms with van der Waals surface area (Å²) in [5, 5.41) is 2.69. The summed E-state index contributed by atoms with van der Waals surface area (Å²) in [7, 11) is -3.05. The molecular weight excluding hydrogens is 406 g/mol. The molecule has 2 unspecified atom stereocenters. The molecule has 1 aliphatic heterocycles. The Hall–Kier alpha value is -2.87. The Morgan fingerprint density at radius 1 is 1.10 bits per heavy atom. The molecule has 8 heteroatoms. The Bertz CT molecular complexity index is 972. The lowest BCUT2D eigenvalue weighted by Gasteiger charge is -2.15. The molecule has 1 amide bonds. The predicted octanol–water partition coefficient (Wildman–Crippen LogP) is 2.96. The van der Waals surface area contributed by atoms with Crippen molar-refractivity contribution >= 4 is 27.4 Å². The van der Waals surface area contributed by atoms with Gasteiger partial charge in [-0.2, -0.15) is 0 Å². The van der Waals surface area contributed by atoms with Gasteiger partial charge >= 0.3 is 5.97 Å². The van der Waals surface area contributed by atoms with Crippen LogP contribution < -0.4 is 10.1 Å². The van der Waals surface area contributed by atoms with E-state index in [0.29, 0.717) is 24.5 Å². The lowest BCUT2D eigenvalue weighted by molar-refractivity contribution is -0.153. The van der Waals surface area contributed by atoms with Gasteiger partial charge < -0.3 is 14.8 Å². The molecule has 0 aliphatic carbocycles. The van der Waals surface area contributed by atoms with E-state index in [-0.39, 0.29) is 23.8 Å². The third-order valence-electron chi connectivity index (χ3n) is 4.83. The molecule has 1 aliphatic rings. The molecule has 0 saturated carbocycles. The summed E-state index contributed by atoms with van der Waals surface area (Å²) >= 11 is 0. The van der Waals surface area contributed by atoms with Crippen molar-refractivity contribution in [1.29, 1.82) is 0 Å². The number of nitrogens with one attached hydrogen (secondary N) is 1. The molecule has 2 aromatic carbocycles. The molecule has 1 heterocycles. The number of anilines is 1. The third kappa shape index (κ3) is 6.59. The Morgan fingerprint density at radius 3 is 2.43 bits per heavy atom. The zero-order valence-electron chi connectivity index (χ0n) is 16.7. The van der Waals surface area contributed by atoms with Gasteiger partial charge in [0.15, 0.2) is 15.9 Å². The Kier molecular flexibility index (Phi) is 7.10. The highest BCUT2D eigenvalue weighted by Crippen LogP contribution is 2.22. The summed E-state index contributed by atoms with van der Waals surface area (Å²) < 4.78 is 33.8. The first-order valence-electron chi connectivity index (χ1n) is 9.78. The van der Waals surface area contributed by atoms with Crippen molar-refractivity contribution < 1.29 is 27.5 Å². The average molecular weight is 432 g/mol. The van der Waals surface area contributed by atoms with Gasteiger partial charge in [-0.1, -0.05) is 30.3 Å². The second kappa shape index (κ2) is 9.75. The molecule has 2 aromatic rings. The number of ether oxygens (including phenoxy) is 2. The first-order valence-corrected chi connectivity index (χ1v) is 11.6. The van der Waals surface area contributed by atoms with Gasteiger partial charge in [0.05, 0.1) is 11.5 Å². The lowest BCUT2D eigenvalue weighted by Crippen LogP contribution is -2.30. The van der Waals surface area contributed by atoms with E-state index in [2.05, 4.69) is 5.32 Å². The van der Waals surface area contributed by atoms with Gasteiger partial charge in [-0.05, 0) is 49.1 Å². The van der Waals surface area contributed by atoms with Crippen molar-refractivity contribution in [3.63, 3.8) is 0 Å². The molecule has 0 spiro atoms. The van der Waals surface area contributed by atoms with Crippen LogP contribution in [0.5, 0.6) is 5.75 Å². The van der Waals surface area contributed by atoms with Crippen LogP contribution in [0.4, 0.5) is 5.69 Å². The zero-order valence-corrected chi connectivity index (χ0v) is 17.6. The molecule has 1 N–H and O–H groups in total. The molecule has 7 nitrogen and oxygen atoms in total. The van der Waals surface area contributed by atoms with E-state index in [9.17, 15) is 18.0 Å². The van der Waals surface area contributed by atoms with Gasteiger partial charge in [-0.25, -0.2) is 8.42 Å². The van der Waals surface area contributed by atoms with E-state index in [0.717, 1.165) is 5.56 Å². The van der Waals surface area contributed by atoms with Crippen LogP contribution in [0.25, 0.3) is 0 Å². The summed E-state index contributed by atoms with van der Waals surface area (Å²) in [6, 6.07) is 16.7. The summed E-state index contributed by atoms with van der Waals surface area (Å²) in [6.45, 7) is 1.93. The summed E-state index contributed by atoms with van der Waals surface area (Å²) in [6.07, 6.45) is -0.523. The maximum Gasteiger partial charge on any atom is 0.306 e. The number of hydrogen-bond acceptors (Lipinski definition) is 6. The molecule has 0 aromatic heterocycles. The molecule has 0 bridgehead atoms. The maximum absolute atomic E-state index is 12.3. The molecule has 0 radical (unpaired) electrons. The number of rotatable bonds is 8. The Balaban J connectivity index is 1.43. The van der Waals surface area contributed by atoms with Crippen LogP contribution in [-0.4, -0.2) is 37.9 Å². The van der Waals surface area contributed by atoms with E-state index < -0.39 is 27.8 Å². The van der Waals surface area contributed by atoms with E-state index in [1.165, 1.54) is 6.92 Å². The fourth-order valence-corrected chi connectivity index (χ4v) is 5.05. The fraction of sp³-hybridized carbons (Fsp3) is 0.364. The smallest absolute Gasteiger partial charge is 0.306 e. The Labute approximate surface area is 176 Å². The molecule has 1 saturated heterocycles. The largest absolute Gasteiger partial charge is 0.489 e. The summed E-state index contributed by atoms with van der Waals surface area (Å²) in [4.78, 5) is 24.3. The normalized spacial score (nSPS) is 18.4. The van der Waals surface area contributed by atoms with Gasteiger partial charge in [-0.3, -0.25) is 9.59 Å².